The van der Waals surface area contributed by atoms with Crippen LogP contribution in [0.5, 0.6) is 5.75 Å². The van der Waals surface area contributed by atoms with Crippen molar-refractivity contribution in [3.05, 3.63) is 29.3 Å². The van der Waals surface area contributed by atoms with Crippen molar-refractivity contribution in [1.82, 2.24) is 0 Å². The smallest absolute Gasteiger partial charge is 0.342 e. The summed E-state index contributed by atoms with van der Waals surface area (Å²) in [5.41, 5.74) is 1.47. The van der Waals surface area contributed by atoms with Gasteiger partial charge in [0, 0.05) is 5.56 Å². The van der Waals surface area contributed by atoms with E-state index >= 15 is 0 Å². The first-order valence-corrected chi connectivity index (χ1v) is 4.12. The second kappa shape index (κ2) is 2.76. The second-order valence-electron chi connectivity index (χ2n) is 2.97. The zero-order valence-corrected chi connectivity index (χ0v) is 7.53. The number of carbonyl (C=O) groups excluding carboxylic acids is 1. The number of fused-ring (bicyclic) bond motifs is 1. The van der Waals surface area contributed by atoms with E-state index in [4.69, 9.17) is 9.47 Å². The number of hydrogen-bond acceptors (Lipinski definition) is 3. The van der Waals surface area contributed by atoms with Gasteiger partial charge in [0.05, 0.1) is 7.11 Å². The number of rotatable bonds is 1. The molecule has 0 radical (unpaired) electrons. The monoisotopic (exact) mass is 178 g/mol. The van der Waals surface area contributed by atoms with Gasteiger partial charge in [0.25, 0.3) is 0 Å². The Labute approximate surface area is 76.3 Å². The highest BCUT2D eigenvalue weighted by atomic mass is 16.6. The van der Waals surface area contributed by atoms with E-state index in [0.717, 1.165) is 5.56 Å². The van der Waals surface area contributed by atoms with Crippen molar-refractivity contribution in [1.29, 1.82) is 0 Å². The van der Waals surface area contributed by atoms with Crippen LogP contribution in [0, 0.1) is 0 Å². The van der Waals surface area contributed by atoms with Gasteiger partial charge < -0.3 is 9.47 Å². The lowest BCUT2D eigenvalue weighted by atomic mass is 10.1. The summed E-state index contributed by atoms with van der Waals surface area (Å²) >= 11 is 0. The van der Waals surface area contributed by atoms with E-state index < -0.39 is 0 Å². The zero-order chi connectivity index (χ0) is 9.42. The van der Waals surface area contributed by atoms with Crippen LogP contribution in [-0.4, -0.2) is 13.1 Å². The van der Waals surface area contributed by atoms with Crippen molar-refractivity contribution >= 4 is 5.97 Å². The van der Waals surface area contributed by atoms with Crippen LogP contribution < -0.4 is 4.74 Å². The maximum absolute atomic E-state index is 11.4. The van der Waals surface area contributed by atoms with Gasteiger partial charge in [-0.1, -0.05) is 12.1 Å². The van der Waals surface area contributed by atoms with Gasteiger partial charge in [0.15, 0.2) is 0 Å². The van der Waals surface area contributed by atoms with E-state index in [-0.39, 0.29) is 12.1 Å². The minimum absolute atomic E-state index is 0.155. The molecule has 3 nitrogen and oxygen atoms in total. The minimum Gasteiger partial charge on any atom is -0.496 e. The fourth-order valence-electron chi connectivity index (χ4n) is 1.56. The summed E-state index contributed by atoms with van der Waals surface area (Å²) in [4.78, 5) is 11.4. The third-order valence-corrected chi connectivity index (χ3v) is 2.20. The molecular formula is C10H10O3. The molecule has 1 aromatic carbocycles. The topological polar surface area (TPSA) is 35.5 Å². The highest BCUT2D eigenvalue weighted by molar-refractivity contribution is 5.96. The number of cyclic esters (lactones) is 1. The number of benzene rings is 1. The van der Waals surface area contributed by atoms with Crippen LogP contribution in [0.2, 0.25) is 0 Å². The summed E-state index contributed by atoms with van der Waals surface area (Å²) < 4.78 is 10.1. The van der Waals surface area contributed by atoms with Gasteiger partial charge in [0.1, 0.15) is 17.4 Å². The molecule has 0 saturated heterocycles. The standard InChI is InChI=1S/C10H10O3/c1-6-7-4-3-5-8(12-2)9(7)10(11)13-6/h3-6H,1-2H3. The van der Waals surface area contributed by atoms with Gasteiger partial charge in [-0.15, -0.1) is 0 Å². The lowest BCUT2D eigenvalue weighted by molar-refractivity contribution is 0.0420. The Balaban J connectivity index is 2.62. The second-order valence-corrected chi connectivity index (χ2v) is 2.97. The molecule has 68 valence electrons. The largest absolute Gasteiger partial charge is 0.496 e. The minimum atomic E-state index is -0.292. The molecule has 0 spiro atoms. The quantitative estimate of drug-likeness (QED) is 0.616. The molecule has 0 aliphatic carbocycles. The van der Waals surface area contributed by atoms with Crippen molar-refractivity contribution in [3.8, 4) is 5.75 Å². The molecule has 13 heavy (non-hydrogen) atoms. The predicted octanol–water partition coefficient (Wildman–Crippen LogP) is 1.93. The molecule has 1 aliphatic heterocycles. The summed E-state index contributed by atoms with van der Waals surface area (Å²) in [6.45, 7) is 1.85. The molecule has 2 rings (SSSR count). The summed E-state index contributed by atoms with van der Waals surface area (Å²) in [5, 5.41) is 0. The predicted molar refractivity (Wildman–Crippen MR) is 46.8 cm³/mol. The summed E-state index contributed by atoms with van der Waals surface area (Å²) in [5.74, 6) is 0.298. The average Bonchev–Trinajstić information content (AvgIpc) is 2.43. The zero-order valence-electron chi connectivity index (χ0n) is 7.53. The molecular weight excluding hydrogens is 168 g/mol. The molecule has 1 aromatic rings. The molecule has 3 heteroatoms. The normalized spacial score (nSPS) is 19.5. The molecule has 0 fully saturated rings. The highest BCUT2D eigenvalue weighted by Crippen LogP contribution is 2.35. The van der Waals surface area contributed by atoms with Gasteiger partial charge in [-0.25, -0.2) is 4.79 Å². The van der Waals surface area contributed by atoms with Crippen LogP contribution in [0.3, 0.4) is 0 Å². The van der Waals surface area contributed by atoms with E-state index in [9.17, 15) is 4.79 Å². The fraction of sp³-hybridized carbons (Fsp3) is 0.300. The average molecular weight is 178 g/mol. The van der Waals surface area contributed by atoms with Crippen LogP contribution in [0.4, 0.5) is 0 Å². The maximum Gasteiger partial charge on any atom is 0.342 e. The Morgan fingerprint density at radius 2 is 2.23 bits per heavy atom. The van der Waals surface area contributed by atoms with Crippen LogP contribution in [0.1, 0.15) is 28.9 Å². The first-order valence-electron chi connectivity index (χ1n) is 4.12. The van der Waals surface area contributed by atoms with Gasteiger partial charge >= 0.3 is 5.97 Å². The van der Waals surface area contributed by atoms with Crippen molar-refractivity contribution in [2.75, 3.05) is 7.11 Å². The number of carbonyl (C=O) groups is 1. The number of hydrogen-bond donors (Lipinski definition) is 0. The molecule has 1 atom stereocenters. The van der Waals surface area contributed by atoms with E-state index in [1.54, 1.807) is 13.2 Å². The Bertz CT molecular complexity index is 357. The molecule has 0 amide bonds. The Kier molecular flexibility index (Phi) is 1.72. The van der Waals surface area contributed by atoms with Crippen molar-refractivity contribution in [2.45, 2.75) is 13.0 Å². The van der Waals surface area contributed by atoms with E-state index in [1.807, 2.05) is 19.1 Å². The van der Waals surface area contributed by atoms with Gasteiger partial charge in [-0.2, -0.15) is 0 Å². The van der Waals surface area contributed by atoms with E-state index in [2.05, 4.69) is 0 Å². The molecule has 1 heterocycles. The van der Waals surface area contributed by atoms with Crippen LogP contribution in [-0.2, 0) is 4.74 Å². The third kappa shape index (κ3) is 1.08. The number of methoxy groups -OCH3 is 1. The van der Waals surface area contributed by atoms with E-state index in [1.165, 1.54) is 0 Å². The Morgan fingerprint density at radius 1 is 1.46 bits per heavy atom. The summed E-state index contributed by atoms with van der Waals surface area (Å²) in [6.07, 6.45) is -0.155. The van der Waals surface area contributed by atoms with Crippen molar-refractivity contribution < 1.29 is 14.3 Å². The maximum atomic E-state index is 11.4. The first-order chi connectivity index (χ1) is 6.24. The van der Waals surface area contributed by atoms with Gasteiger partial charge in [0.2, 0.25) is 0 Å². The Morgan fingerprint density at radius 3 is 2.92 bits per heavy atom. The van der Waals surface area contributed by atoms with Crippen LogP contribution in [0.25, 0.3) is 0 Å². The molecule has 0 N–H and O–H groups in total. The van der Waals surface area contributed by atoms with Crippen LogP contribution in [0.15, 0.2) is 18.2 Å². The lowest BCUT2D eigenvalue weighted by Crippen LogP contribution is -1.97. The molecule has 1 unspecified atom stereocenters. The van der Waals surface area contributed by atoms with Gasteiger partial charge in [-0.3, -0.25) is 0 Å². The van der Waals surface area contributed by atoms with Crippen LogP contribution >= 0.6 is 0 Å². The molecule has 1 aliphatic rings. The number of ether oxygens (including phenoxy) is 2. The summed E-state index contributed by atoms with van der Waals surface area (Å²) in [7, 11) is 1.55. The fourth-order valence-corrected chi connectivity index (χ4v) is 1.56. The van der Waals surface area contributed by atoms with Crippen molar-refractivity contribution in [2.24, 2.45) is 0 Å². The molecule has 0 saturated carbocycles. The third-order valence-electron chi connectivity index (χ3n) is 2.20. The van der Waals surface area contributed by atoms with Gasteiger partial charge in [-0.05, 0) is 13.0 Å². The summed E-state index contributed by atoms with van der Waals surface area (Å²) in [6, 6.07) is 5.50. The molecule has 0 bridgehead atoms. The molecule has 0 aromatic heterocycles. The SMILES string of the molecule is COc1cccc2c1C(=O)OC2C. The van der Waals surface area contributed by atoms with Crippen molar-refractivity contribution in [3.63, 3.8) is 0 Å². The van der Waals surface area contributed by atoms with E-state index in [0.29, 0.717) is 11.3 Å². The Hall–Kier alpha value is -1.51. The lowest BCUT2D eigenvalue weighted by Gasteiger charge is -2.03. The first kappa shape index (κ1) is 8.10. The highest BCUT2D eigenvalue weighted by Gasteiger charge is 2.30. The number of esters is 1.